The largest absolute Gasteiger partial charge is 0.493 e. The Labute approximate surface area is 142 Å². The van der Waals surface area contributed by atoms with Crippen molar-refractivity contribution in [3.63, 3.8) is 0 Å². The van der Waals surface area contributed by atoms with E-state index in [9.17, 15) is 0 Å². The van der Waals surface area contributed by atoms with E-state index in [0.717, 1.165) is 39.8 Å². The zero-order chi connectivity index (χ0) is 15.2. The molecule has 2 rings (SSSR count). The SMILES string of the molecule is COc1ccc(CCNCc2cc(Br)c(Cl)s2)cc1OC. The molecule has 0 aliphatic rings. The Hall–Kier alpha value is -0.750. The van der Waals surface area contributed by atoms with Crippen LogP contribution >= 0.6 is 38.9 Å². The molecule has 0 amide bonds. The third-order valence-corrected chi connectivity index (χ3v) is 5.51. The zero-order valence-electron chi connectivity index (χ0n) is 11.9. The van der Waals surface area contributed by atoms with Crippen LogP contribution in [0, 0.1) is 0 Å². The van der Waals surface area contributed by atoms with Gasteiger partial charge in [-0.05, 0) is 52.7 Å². The molecular formula is C15H17BrClNO2S. The number of rotatable bonds is 7. The van der Waals surface area contributed by atoms with Crippen molar-refractivity contribution in [3.05, 3.63) is 43.5 Å². The molecule has 0 saturated carbocycles. The Balaban J connectivity index is 1.83. The van der Waals surface area contributed by atoms with Gasteiger partial charge in [-0.3, -0.25) is 0 Å². The summed E-state index contributed by atoms with van der Waals surface area (Å²) in [4.78, 5) is 1.22. The summed E-state index contributed by atoms with van der Waals surface area (Å²) in [6.45, 7) is 1.71. The lowest BCUT2D eigenvalue weighted by molar-refractivity contribution is 0.354. The van der Waals surface area contributed by atoms with Gasteiger partial charge in [0.1, 0.15) is 4.34 Å². The Bertz CT molecular complexity index is 584. The maximum Gasteiger partial charge on any atom is 0.160 e. The number of methoxy groups -OCH3 is 2. The Morgan fingerprint density at radius 1 is 1.19 bits per heavy atom. The van der Waals surface area contributed by atoms with Gasteiger partial charge in [0.15, 0.2) is 11.5 Å². The Kier molecular flexibility index (Phi) is 6.36. The molecule has 0 radical (unpaired) electrons. The lowest BCUT2D eigenvalue weighted by Gasteiger charge is -2.09. The van der Waals surface area contributed by atoms with Gasteiger partial charge < -0.3 is 14.8 Å². The van der Waals surface area contributed by atoms with Gasteiger partial charge in [0.05, 0.1) is 14.2 Å². The topological polar surface area (TPSA) is 30.5 Å². The predicted molar refractivity (Wildman–Crippen MR) is 92.0 cm³/mol. The molecule has 0 aliphatic heterocycles. The normalized spacial score (nSPS) is 10.7. The van der Waals surface area contributed by atoms with Gasteiger partial charge in [-0.25, -0.2) is 0 Å². The van der Waals surface area contributed by atoms with Crippen molar-refractivity contribution in [2.75, 3.05) is 20.8 Å². The fourth-order valence-corrected chi connectivity index (χ4v) is 3.72. The van der Waals surface area contributed by atoms with Crippen LogP contribution in [0.2, 0.25) is 4.34 Å². The van der Waals surface area contributed by atoms with Gasteiger partial charge in [0, 0.05) is 15.9 Å². The first-order valence-electron chi connectivity index (χ1n) is 6.49. The molecule has 3 nitrogen and oxygen atoms in total. The Morgan fingerprint density at radius 2 is 1.95 bits per heavy atom. The summed E-state index contributed by atoms with van der Waals surface area (Å²) in [6.07, 6.45) is 0.931. The lowest BCUT2D eigenvalue weighted by atomic mass is 10.1. The van der Waals surface area contributed by atoms with E-state index in [1.807, 2.05) is 12.1 Å². The molecule has 0 atom stereocenters. The second kappa shape index (κ2) is 8.03. The van der Waals surface area contributed by atoms with Crippen molar-refractivity contribution in [2.24, 2.45) is 0 Å². The summed E-state index contributed by atoms with van der Waals surface area (Å²) >= 11 is 11.0. The van der Waals surface area contributed by atoms with Crippen molar-refractivity contribution in [1.82, 2.24) is 5.32 Å². The summed E-state index contributed by atoms with van der Waals surface area (Å²) in [5, 5.41) is 3.42. The number of hydrogen-bond donors (Lipinski definition) is 1. The molecule has 0 unspecified atom stereocenters. The molecule has 21 heavy (non-hydrogen) atoms. The van der Waals surface area contributed by atoms with E-state index in [0.29, 0.717) is 0 Å². The monoisotopic (exact) mass is 389 g/mol. The van der Waals surface area contributed by atoms with Crippen LogP contribution in [0.4, 0.5) is 0 Å². The summed E-state index contributed by atoms with van der Waals surface area (Å²) in [5.41, 5.74) is 1.21. The third kappa shape index (κ3) is 4.61. The van der Waals surface area contributed by atoms with E-state index < -0.39 is 0 Å². The average molecular weight is 391 g/mol. The van der Waals surface area contributed by atoms with Crippen LogP contribution in [0.1, 0.15) is 10.4 Å². The number of benzene rings is 1. The number of halogens is 2. The first kappa shape index (κ1) is 16.6. The zero-order valence-corrected chi connectivity index (χ0v) is 15.1. The molecule has 0 fully saturated rings. The van der Waals surface area contributed by atoms with Crippen LogP contribution in [0.5, 0.6) is 11.5 Å². The summed E-state index contributed by atoms with van der Waals surface area (Å²) in [6, 6.07) is 8.06. The first-order chi connectivity index (χ1) is 10.1. The minimum absolute atomic E-state index is 0.757. The molecular weight excluding hydrogens is 374 g/mol. The van der Waals surface area contributed by atoms with Gasteiger partial charge >= 0.3 is 0 Å². The molecule has 1 aromatic carbocycles. The summed E-state index contributed by atoms with van der Waals surface area (Å²) < 4.78 is 12.3. The molecule has 0 aliphatic carbocycles. The minimum Gasteiger partial charge on any atom is -0.493 e. The quantitative estimate of drug-likeness (QED) is 0.705. The highest BCUT2D eigenvalue weighted by atomic mass is 79.9. The molecule has 0 spiro atoms. The lowest BCUT2D eigenvalue weighted by Crippen LogP contribution is -2.15. The standard InChI is InChI=1S/C15H17BrClNO2S/c1-19-13-4-3-10(7-14(13)20-2)5-6-18-9-11-8-12(16)15(17)21-11/h3-4,7-8,18H,5-6,9H2,1-2H3. The average Bonchev–Trinajstić information content (AvgIpc) is 2.82. The van der Waals surface area contributed by atoms with Gasteiger partial charge in [-0.1, -0.05) is 17.7 Å². The van der Waals surface area contributed by atoms with Crippen molar-refractivity contribution >= 4 is 38.9 Å². The van der Waals surface area contributed by atoms with Crippen LogP contribution in [0.3, 0.4) is 0 Å². The molecule has 2 aromatic rings. The van der Waals surface area contributed by atoms with E-state index in [1.165, 1.54) is 10.4 Å². The summed E-state index contributed by atoms with van der Waals surface area (Å²) in [7, 11) is 3.29. The van der Waals surface area contributed by atoms with Crippen molar-refractivity contribution in [2.45, 2.75) is 13.0 Å². The molecule has 1 heterocycles. The molecule has 114 valence electrons. The molecule has 1 aromatic heterocycles. The van der Waals surface area contributed by atoms with Crippen LogP contribution in [0.25, 0.3) is 0 Å². The molecule has 0 saturated heterocycles. The van der Waals surface area contributed by atoms with Crippen molar-refractivity contribution < 1.29 is 9.47 Å². The number of hydrogen-bond acceptors (Lipinski definition) is 4. The van der Waals surface area contributed by atoms with E-state index in [4.69, 9.17) is 21.1 Å². The number of thiophene rings is 1. The summed E-state index contributed by atoms with van der Waals surface area (Å²) in [5.74, 6) is 1.52. The van der Waals surface area contributed by atoms with Gasteiger partial charge in [0.2, 0.25) is 0 Å². The highest BCUT2D eigenvalue weighted by molar-refractivity contribution is 9.10. The molecule has 1 N–H and O–H groups in total. The first-order valence-corrected chi connectivity index (χ1v) is 8.48. The molecule has 0 bridgehead atoms. The van der Waals surface area contributed by atoms with Crippen molar-refractivity contribution in [1.29, 1.82) is 0 Å². The Morgan fingerprint density at radius 3 is 2.57 bits per heavy atom. The third-order valence-electron chi connectivity index (χ3n) is 3.03. The van der Waals surface area contributed by atoms with E-state index in [2.05, 4.69) is 33.4 Å². The van der Waals surface area contributed by atoms with E-state index in [1.54, 1.807) is 25.6 Å². The van der Waals surface area contributed by atoms with Crippen LogP contribution in [0.15, 0.2) is 28.7 Å². The van der Waals surface area contributed by atoms with Gasteiger partial charge in [-0.15, -0.1) is 11.3 Å². The maximum atomic E-state index is 6.02. The van der Waals surface area contributed by atoms with Crippen LogP contribution < -0.4 is 14.8 Å². The van der Waals surface area contributed by atoms with Crippen LogP contribution in [-0.2, 0) is 13.0 Å². The maximum absolute atomic E-state index is 6.02. The van der Waals surface area contributed by atoms with E-state index >= 15 is 0 Å². The highest BCUT2D eigenvalue weighted by Crippen LogP contribution is 2.31. The second-order valence-electron chi connectivity index (χ2n) is 4.45. The predicted octanol–water partition coefficient (Wildman–Crippen LogP) is 4.51. The highest BCUT2D eigenvalue weighted by Gasteiger charge is 2.06. The molecule has 6 heteroatoms. The fourth-order valence-electron chi connectivity index (χ4n) is 1.96. The fraction of sp³-hybridized carbons (Fsp3) is 0.333. The van der Waals surface area contributed by atoms with Gasteiger partial charge in [-0.2, -0.15) is 0 Å². The smallest absolute Gasteiger partial charge is 0.160 e. The van der Waals surface area contributed by atoms with Gasteiger partial charge in [0.25, 0.3) is 0 Å². The number of ether oxygens (including phenoxy) is 2. The second-order valence-corrected chi connectivity index (χ2v) is 7.04. The number of nitrogens with one attached hydrogen (secondary N) is 1. The van der Waals surface area contributed by atoms with Crippen molar-refractivity contribution in [3.8, 4) is 11.5 Å². The van der Waals surface area contributed by atoms with Crippen LogP contribution in [-0.4, -0.2) is 20.8 Å². The minimum atomic E-state index is 0.757. The van der Waals surface area contributed by atoms with E-state index in [-0.39, 0.29) is 0 Å².